The van der Waals surface area contributed by atoms with Crippen LogP contribution in [0.5, 0.6) is 0 Å². The summed E-state index contributed by atoms with van der Waals surface area (Å²) in [4.78, 5) is 2.21. The molecule has 1 aromatic carbocycles. The second kappa shape index (κ2) is 5.23. The van der Waals surface area contributed by atoms with Crippen molar-refractivity contribution < 1.29 is 8.42 Å². The fourth-order valence-corrected chi connectivity index (χ4v) is 3.20. The van der Waals surface area contributed by atoms with Gasteiger partial charge in [-0.15, -0.1) is 0 Å². The Morgan fingerprint density at radius 3 is 2.40 bits per heavy atom. The largest absolute Gasteiger partial charge is 0.398 e. The van der Waals surface area contributed by atoms with Crippen LogP contribution in [0.25, 0.3) is 0 Å². The number of primary sulfonamides is 1. The van der Waals surface area contributed by atoms with Gasteiger partial charge in [0.25, 0.3) is 0 Å². The van der Waals surface area contributed by atoms with Crippen LogP contribution in [0.4, 0.5) is 11.4 Å². The second-order valence-electron chi connectivity index (χ2n) is 5.62. The van der Waals surface area contributed by atoms with Crippen LogP contribution in [-0.4, -0.2) is 39.5 Å². The van der Waals surface area contributed by atoms with Crippen LogP contribution in [0.1, 0.15) is 19.3 Å². The summed E-state index contributed by atoms with van der Waals surface area (Å²) < 4.78 is 22.6. The van der Waals surface area contributed by atoms with Crippen molar-refractivity contribution in [3.05, 3.63) is 18.2 Å². The number of hydrogen-bond donors (Lipinski definition) is 3. The van der Waals surface area contributed by atoms with E-state index in [0.29, 0.717) is 0 Å². The van der Waals surface area contributed by atoms with E-state index >= 15 is 0 Å². The van der Waals surface area contributed by atoms with Gasteiger partial charge in [0, 0.05) is 17.8 Å². The molecule has 0 spiro atoms. The van der Waals surface area contributed by atoms with Gasteiger partial charge in [-0.3, -0.25) is 0 Å². The Hall–Kier alpha value is -1.31. The molecule has 1 saturated carbocycles. The summed E-state index contributed by atoms with van der Waals surface area (Å²) in [7, 11) is 0.404. The van der Waals surface area contributed by atoms with E-state index in [1.807, 2.05) is 0 Å². The number of nitrogens with zero attached hydrogens (tertiary/aromatic N) is 1. The van der Waals surface area contributed by atoms with Gasteiger partial charge in [-0.25, -0.2) is 13.6 Å². The molecule has 0 heterocycles. The molecule has 0 amide bonds. The number of hydrogen-bond acceptors (Lipinski definition) is 5. The van der Waals surface area contributed by atoms with E-state index in [4.69, 9.17) is 10.9 Å². The maximum absolute atomic E-state index is 11.3. The van der Waals surface area contributed by atoms with Crippen molar-refractivity contribution in [2.24, 2.45) is 5.14 Å². The zero-order chi connectivity index (χ0) is 15.0. The van der Waals surface area contributed by atoms with Crippen molar-refractivity contribution in [1.82, 2.24) is 4.90 Å². The van der Waals surface area contributed by atoms with Gasteiger partial charge in [0.05, 0.1) is 5.69 Å². The minimum Gasteiger partial charge on any atom is -0.398 e. The lowest BCUT2D eigenvalue weighted by Crippen LogP contribution is -2.54. The molecule has 6 nitrogen and oxygen atoms in total. The van der Waals surface area contributed by atoms with Gasteiger partial charge < -0.3 is 16.0 Å². The van der Waals surface area contributed by atoms with Gasteiger partial charge in [0.1, 0.15) is 4.90 Å². The Morgan fingerprint density at radius 1 is 1.35 bits per heavy atom. The first-order valence-corrected chi connectivity index (χ1v) is 8.13. The van der Waals surface area contributed by atoms with Gasteiger partial charge in [-0.2, -0.15) is 0 Å². The van der Waals surface area contributed by atoms with Crippen LogP contribution in [0.2, 0.25) is 0 Å². The van der Waals surface area contributed by atoms with Crippen LogP contribution >= 0.6 is 0 Å². The van der Waals surface area contributed by atoms with Crippen molar-refractivity contribution in [2.75, 3.05) is 31.7 Å². The van der Waals surface area contributed by atoms with Gasteiger partial charge >= 0.3 is 0 Å². The lowest BCUT2D eigenvalue weighted by Gasteiger charge is -2.47. The van der Waals surface area contributed by atoms with Crippen molar-refractivity contribution in [3.8, 4) is 0 Å². The highest BCUT2D eigenvalue weighted by Crippen LogP contribution is 2.36. The van der Waals surface area contributed by atoms with Crippen molar-refractivity contribution in [2.45, 2.75) is 29.7 Å². The molecule has 1 aliphatic carbocycles. The summed E-state index contributed by atoms with van der Waals surface area (Å²) in [6, 6.07) is 4.75. The first-order chi connectivity index (χ1) is 9.24. The maximum atomic E-state index is 11.3. The molecule has 2 rings (SSSR count). The molecular formula is C13H22N4O2S. The number of nitrogens with one attached hydrogen (secondary N) is 1. The summed E-state index contributed by atoms with van der Waals surface area (Å²) in [6.45, 7) is 0.814. The fourth-order valence-electron chi connectivity index (χ4n) is 2.55. The van der Waals surface area contributed by atoms with E-state index in [2.05, 4.69) is 24.3 Å². The van der Waals surface area contributed by atoms with E-state index in [0.717, 1.165) is 25.1 Å². The van der Waals surface area contributed by atoms with Crippen LogP contribution in [0.3, 0.4) is 0 Å². The smallest absolute Gasteiger partial charge is 0.240 e. The van der Waals surface area contributed by atoms with E-state index in [9.17, 15) is 8.42 Å². The zero-order valence-electron chi connectivity index (χ0n) is 11.9. The molecule has 0 aliphatic heterocycles. The first-order valence-electron chi connectivity index (χ1n) is 6.58. The zero-order valence-corrected chi connectivity index (χ0v) is 12.7. The molecule has 20 heavy (non-hydrogen) atoms. The molecule has 7 heteroatoms. The molecule has 0 atom stereocenters. The van der Waals surface area contributed by atoms with Crippen LogP contribution in [0, 0.1) is 0 Å². The van der Waals surface area contributed by atoms with Gasteiger partial charge in [0.2, 0.25) is 10.0 Å². The molecule has 1 fully saturated rings. The Bertz CT molecular complexity index is 594. The van der Waals surface area contributed by atoms with E-state index in [1.54, 1.807) is 12.1 Å². The predicted octanol–water partition coefficient (Wildman–Crippen LogP) is 0.812. The minimum atomic E-state index is -3.76. The normalized spacial score (nSPS) is 17.8. The Balaban J connectivity index is 2.10. The summed E-state index contributed by atoms with van der Waals surface area (Å²) in [5.41, 5.74) is 6.91. The Labute approximate surface area is 120 Å². The second-order valence-corrected chi connectivity index (χ2v) is 7.15. The predicted molar refractivity (Wildman–Crippen MR) is 81.0 cm³/mol. The average molecular weight is 298 g/mol. The quantitative estimate of drug-likeness (QED) is 0.698. The average Bonchev–Trinajstić information content (AvgIpc) is 2.25. The van der Waals surface area contributed by atoms with E-state index in [-0.39, 0.29) is 16.1 Å². The maximum Gasteiger partial charge on any atom is 0.240 e. The molecule has 5 N–H and O–H groups in total. The number of nitrogens with two attached hydrogens (primary N) is 2. The number of likely N-dealkylation sites (N-methyl/N-ethyl adjacent to an activating group) is 1. The SMILES string of the molecule is CN(C)C1(CNc2ccc(S(N)(=O)=O)c(N)c2)CCC1. The molecular weight excluding hydrogens is 276 g/mol. The summed E-state index contributed by atoms with van der Waals surface area (Å²) >= 11 is 0. The van der Waals surface area contributed by atoms with Gasteiger partial charge in [0.15, 0.2) is 0 Å². The van der Waals surface area contributed by atoms with Crippen molar-refractivity contribution in [1.29, 1.82) is 0 Å². The third-order valence-corrected chi connectivity index (χ3v) is 5.16. The Morgan fingerprint density at radius 2 is 2.00 bits per heavy atom. The molecule has 0 bridgehead atoms. The standard InChI is InChI=1S/C13H22N4O2S/c1-17(2)13(6-3-7-13)9-16-10-4-5-12(11(14)8-10)20(15,18)19/h4-5,8,16H,3,6-7,9,14H2,1-2H3,(H2,15,18,19). The van der Waals surface area contributed by atoms with E-state index < -0.39 is 10.0 Å². The highest BCUT2D eigenvalue weighted by molar-refractivity contribution is 7.89. The third-order valence-electron chi connectivity index (χ3n) is 4.17. The summed E-state index contributed by atoms with van der Waals surface area (Å²) in [6.07, 6.45) is 3.57. The molecule has 0 aromatic heterocycles. The summed E-state index contributed by atoms with van der Waals surface area (Å²) in [5, 5.41) is 8.42. The molecule has 0 unspecified atom stereocenters. The van der Waals surface area contributed by atoms with Crippen LogP contribution in [0.15, 0.2) is 23.1 Å². The highest BCUT2D eigenvalue weighted by atomic mass is 32.2. The van der Waals surface area contributed by atoms with Gasteiger partial charge in [-0.05, 0) is 51.6 Å². The number of anilines is 2. The molecule has 1 aliphatic rings. The third kappa shape index (κ3) is 2.89. The summed E-state index contributed by atoms with van der Waals surface area (Å²) in [5.74, 6) is 0. The highest BCUT2D eigenvalue weighted by Gasteiger charge is 2.38. The molecule has 0 saturated heterocycles. The number of benzene rings is 1. The number of nitrogen functional groups attached to an aromatic ring is 1. The van der Waals surface area contributed by atoms with Crippen LogP contribution in [-0.2, 0) is 10.0 Å². The lowest BCUT2D eigenvalue weighted by atomic mass is 9.75. The van der Waals surface area contributed by atoms with E-state index in [1.165, 1.54) is 12.5 Å². The lowest BCUT2D eigenvalue weighted by molar-refractivity contribution is 0.0739. The minimum absolute atomic E-state index is 0.0333. The van der Waals surface area contributed by atoms with Gasteiger partial charge in [-0.1, -0.05) is 0 Å². The molecule has 112 valence electrons. The van der Waals surface area contributed by atoms with Crippen molar-refractivity contribution in [3.63, 3.8) is 0 Å². The number of sulfonamides is 1. The Kier molecular flexibility index (Phi) is 3.95. The van der Waals surface area contributed by atoms with Crippen molar-refractivity contribution >= 4 is 21.4 Å². The number of rotatable bonds is 5. The van der Waals surface area contributed by atoms with Crippen LogP contribution < -0.4 is 16.2 Å². The topological polar surface area (TPSA) is 101 Å². The molecule has 1 aromatic rings. The fraction of sp³-hybridized carbons (Fsp3) is 0.538. The molecule has 0 radical (unpaired) electrons. The monoisotopic (exact) mass is 298 g/mol. The first kappa shape index (κ1) is 15.1.